The van der Waals surface area contributed by atoms with Crippen LogP contribution in [-0.4, -0.2) is 50.4 Å². The molecule has 1 aromatic carbocycles. The van der Waals surface area contributed by atoms with E-state index in [9.17, 15) is 14.0 Å². The Morgan fingerprint density at radius 1 is 1.30 bits per heavy atom. The molecule has 2 amide bonds. The third kappa shape index (κ3) is 4.33. The van der Waals surface area contributed by atoms with Crippen LogP contribution in [0.5, 0.6) is 5.88 Å². The third-order valence-corrected chi connectivity index (χ3v) is 8.95. The van der Waals surface area contributed by atoms with Crippen molar-refractivity contribution in [3.05, 3.63) is 53.0 Å². The largest absolute Gasteiger partial charge is 0.414 e. The van der Waals surface area contributed by atoms with Crippen molar-refractivity contribution in [3.8, 4) is 16.3 Å². The average molecular weight is 541 g/mol. The molecule has 4 aromatic rings. The van der Waals surface area contributed by atoms with E-state index in [4.69, 9.17) is 10.5 Å². The van der Waals surface area contributed by atoms with Crippen LogP contribution in [0.2, 0.25) is 0 Å². The lowest BCUT2D eigenvalue weighted by atomic mass is 9.94. The molecule has 192 valence electrons. The lowest BCUT2D eigenvalue weighted by molar-refractivity contribution is 0.0706. The molecule has 0 unspecified atom stereocenters. The summed E-state index contributed by atoms with van der Waals surface area (Å²) in [6.07, 6.45) is 4.34. The molecule has 1 saturated carbocycles. The van der Waals surface area contributed by atoms with Crippen molar-refractivity contribution >= 4 is 44.8 Å². The number of carbonyl (C=O) groups excluding carboxylic acids is 2. The Bertz CT molecular complexity index is 1500. The zero-order valence-electron chi connectivity index (χ0n) is 20.0. The van der Waals surface area contributed by atoms with E-state index in [-0.39, 0.29) is 35.2 Å². The van der Waals surface area contributed by atoms with E-state index in [2.05, 4.69) is 15.3 Å². The molecule has 4 heterocycles. The Morgan fingerprint density at radius 3 is 3.00 bits per heavy atom. The van der Waals surface area contributed by atoms with E-state index in [0.29, 0.717) is 34.5 Å². The van der Waals surface area contributed by atoms with Crippen molar-refractivity contribution in [2.45, 2.75) is 32.2 Å². The monoisotopic (exact) mass is 540 g/mol. The number of hydrogen-bond donors (Lipinski definition) is 2. The molecule has 2 fully saturated rings. The van der Waals surface area contributed by atoms with Gasteiger partial charge in [0.2, 0.25) is 5.88 Å². The number of thiazole rings is 2. The van der Waals surface area contributed by atoms with Crippen LogP contribution in [0, 0.1) is 24.6 Å². The van der Waals surface area contributed by atoms with Gasteiger partial charge in [0, 0.05) is 24.7 Å². The number of nitrogens with zero attached hydrogens (tertiary/aromatic N) is 4. The van der Waals surface area contributed by atoms with E-state index in [0.717, 1.165) is 35.6 Å². The summed E-state index contributed by atoms with van der Waals surface area (Å²) in [5, 5.41) is 4.99. The topological polar surface area (TPSA) is 115 Å². The van der Waals surface area contributed by atoms with Crippen LogP contribution in [0.25, 0.3) is 15.4 Å². The number of benzene rings is 1. The molecule has 6 rings (SSSR count). The zero-order chi connectivity index (χ0) is 25.7. The van der Waals surface area contributed by atoms with Crippen LogP contribution >= 0.6 is 22.7 Å². The van der Waals surface area contributed by atoms with E-state index in [1.54, 1.807) is 34.6 Å². The number of carbonyl (C=O) groups is 2. The number of ether oxygens (including phenoxy) is 1. The quantitative estimate of drug-likeness (QED) is 0.383. The van der Waals surface area contributed by atoms with Crippen LogP contribution < -0.4 is 15.8 Å². The second-order valence-electron chi connectivity index (χ2n) is 9.45. The van der Waals surface area contributed by atoms with Crippen LogP contribution in [0.3, 0.4) is 0 Å². The maximum atomic E-state index is 13.9. The number of imidazole rings is 1. The minimum atomic E-state index is -0.594. The number of fused-ring (bicyclic) bond motifs is 2. The number of anilines is 1. The van der Waals surface area contributed by atoms with Crippen LogP contribution in [0.1, 0.15) is 35.4 Å². The molecule has 0 bridgehead atoms. The second kappa shape index (κ2) is 9.42. The standard InChI is InChI=1S/C25H25FN6O3S2/c1-13-22(31-8-9-36-24(31)29-13)35-25(34)28-11-18-17-7-3-5-15(17)12-32(18)21(33)19-20(37-23(27)30-19)14-4-2-6-16(26)10-14/h2,4,6,8-10,15,17-18H,3,5,7,11-12H2,1H3,(H2,27,30)(H,28,34)/t15-,17-,18+/m0/s1. The molecule has 3 aromatic heterocycles. The molecule has 0 radical (unpaired) electrons. The molecule has 3 N–H and O–H groups in total. The fourth-order valence-electron chi connectivity index (χ4n) is 5.66. The van der Waals surface area contributed by atoms with E-state index in [1.165, 1.54) is 23.5 Å². The highest BCUT2D eigenvalue weighted by Gasteiger charge is 2.47. The Labute approximate surface area is 220 Å². The number of nitrogen functional groups attached to an aromatic ring is 1. The van der Waals surface area contributed by atoms with Gasteiger partial charge in [0.05, 0.1) is 10.9 Å². The van der Waals surface area contributed by atoms with E-state index in [1.807, 2.05) is 5.38 Å². The summed E-state index contributed by atoms with van der Waals surface area (Å²) < 4.78 is 21.2. The van der Waals surface area contributed by atoms with Gasteiger partial charge in [0.15, 0.2) is 10.1 Å². The number of rotatable bonds is 5. The first-order valence-electron chi connectivity index (χ1n) is 12.1. The van der Waals surface area contributed by atoms with Crippen molar-refractivity contribution in [1.82, 2.24) is 24.6 Å². The second-order valence-corrected chi connectivity index (χ2v) is 11.4. The molecule has 1 aliphatic carbocycles. The number of nitrogens with one attached hydrogen (secondary N) is 1. The maximum absolute atomic E-state index is 13.9. The first-order chi connectivity index (χ1) is 17.9. The molecule has 12 heteroatoms. The molecular formula is C25H25FN6O3S2. The van der Waals surface area contributed by atoms with Gasteiger partial charge in [-0.3, -0.25) is 9.20 Å². The minimum absolute atomic E-state index is 0.205. The number of aromatic nitrogens is 3. The van der Waals surface area contributed by atoms with E-state index >= 15 is 0 Å². The Kier molecular flexibility index (Phi) is 6.07. The van der Waals surface area contributed by atoms with Crippen molar-refractivity contribution in [3.63, 3.8) is 0 Å². The molecule has 0 spiro atoms. The summed E-state index contributed by atoms with van der Waals surface area (Å²) in [6, 6.07) is 5.86. The zero-order valence-corrected chi connectivity index (χ0v) is 21.7. The third-order valence-electron chi connectivity index (χ3n) is 7.26. The van der Waals surface area contributed by atoms with Crippen molar-refractivity contribution < 1.29 is 18.7 Å². The van der Waals surface area contributed by atoms with Crippen LogP contribution in [-0.2, 0) is 0 Å². The number of aryl methyl sites for hydroxylation is 1. The lowest BCUT2D eigenvalue weighted by Gasteiger charge is -2.28. The molecule has 2 aliphatic rings. The Morgan fingerprint density at radius 2 is 2.16 bits per heavy atom. The molecule has 1 aliphatic heterocycles. The highest BCUT2D eigenvalue weighted by molar-refractivity contribution is 7.19. The smallest absolute Gasteiger partial charge is 0.391 e. The molecule has 9 nitrogen and oxygen atoms in total. The first kappa shape index (κ1) is 23.9. The van der Waals surface area contributed by atoms with Gasteiger partial charge in [0.1, 0.15) is 17.2 Å². The highest BCUT2D eigenvalue weighted by Crippen LogP contribution is 2.43. The summed E-state index contributed by atoms with van der Waals surface area (Å²) >= 11 is 2.62. The predicted octanol–water partition coefficient (Wildman–Crippen LogP) is 4.58. The average Bonchev–Trinajstić information content (AvgIpc) is 3.67. The summed E-state index contributed by atoms with van der Waals surface area (Å²) in [7, 11) is 0. The van der Waals surface area contributed by atoms with E-state index < -0.39 is 11.9 Å². The molecular weight excluding hydrogens is 515 g/mol. The van der Waals surface area contributed by atoms with Crippen LogP contribution in [0.4, 0.5) is 14.3 Å². The highest BCUT2D eigenvalue weighted by atomic mass is 32.1. The number of amides is 2. The summed E-state index contributed by atoms with van der Waals surface area (Å²) in [5.41, 5.74) is 7.39. The SMILES string of the molecule is Cc1nc2sccn2c1OC(=O)NC[C@@H]1[C@H]2CCC[C@H]2CN1C(=O)c1nc(N)sc1-c1cccc(F)c1. The summed E-state index contributed by atoms with van der Waals surface area (Å²) in [6.45, 7) is 2.63. The number of likely N-dealkylation sites (tertiary alicyclic amines) is 1. The maximum Gasteiger partial charge on any atom is 0.414 e. The van der Waals surface area contributed by atoms with Crippen molar-refractivity contribution in [1.29, 1.82) is 0 Å². The number of hydrogen-bond acceptors (Lipinski definition) is 8. The van der Waals surface area contributed by atoms with Gasteiger partial charge in [-0.1, -0.05) is 29.9 Å². The van der Waals surface area contributed by atoms with Gasteiger partial charge < -0.3 is 20.7 Å². The minimum Gasteiger partial charge on any atom is -0.391 e. The normalized spacial score (nSPS) is 20.9. The van der Waals surface area contributed by atoms with Gasteiger partial charge in [0.25, 0.3) is 5.91 Å². The van der Waals surface area contributed by atoms with Gasteiger partial charge in [-0.05, 0) is 49.3 Å². The van der Waals surface area contributed by atoms with Gasteiger partial charge in [-0.15, -0.1) is 11.3 Å². The Balaban J connectivity index is 1.22. The van der Waals surface area contributed by atoms with Gasteiger partial charge >= 0.3 is 6.09 Å². The molecule has 37 heavy (non-hydrogen) atoms. The predicted molar refractivity (Wildman–Crippen MR) is 139 cm³/mol. The fourth-order valence-corrected chi connectivity index (χ4v) is 7.24. The Hall–Kier alpha value is -3.51. The first-order valence-corrected chi connectivity index (χ1v) is 13.8. The fraction of sp³-hybridized carbons (Fsp3) is 0.360. The molecule has 3 atom stereocenters. The summed E-state index contributed by atoms with van der Waals surface area (Å²) in [4.78, 5) is 38.4. The molecule has 1 saturated heterocycles. The van der Waals surface area contributed by atoms with Crippen molar-refractivity contribution in [2.24, 2.45) is 11.8 Å². The summed E-state index contributed by atoms with van der Waals surface area (Å²) in [5.74, 6) is 0.367. The number of halogens is 1. The van der Waals surface area contributed by atoms with Gasteiger partial charge in [-0.25, -0.2) is 19.2 Å². The number of nitrogens with two attached hydrogens (primary N) is 1. The van der Waals surface area contributed by atoms with Crippen LogP contribution in [0.15, 0.2) is 35.8 Å². The lowest BCUT2D eigenvalue weighted by Crippen LogP contribution is -2.46. The van der Waals surface area contributed by atoms with Crippen molar-refractivity contribution in [2.75, 3.05) is 18.8 Å². The van der Waals surface area contributed by atoms with Gasteiger partial charge in [-0.2, -0.15) is 0 Å².